The Morgan fingerprint density at radius 1 is 1.47 bits per heavy atom. The molecule has 5 nitrogen and oxygen atoms in total. The van der Waals surface area contributed by atoms with Crippen molar-refractivity contribution in [3.8, 4) is 0 Å². The van der Waals surface area contributed by atoms with Crippen LogP contribution in [0.15, 0.2) is 5.38 Å². The van der Waals surface area contributed by atoms with Crippen molar-refractivity contribution in [2.24, 2.45) is 0 Å². The van der Waals surface area contributed by atoms with E-state index >= 15 is 0 Å². The molecule has 94 valence electrons. The lowest BCUT2D eigenvalue weighted by molar-refractivity contribution is -0.137. The largest absolute Gasteiger partial charge is 0.480 e. The monoisotopic (exact) mass is 256 g/mol. The van der Waals surface area contributed by atoms with E-state index in [2.05, 4.69) is 31.1 Å². The smallest absolute Gasteiger partial charge is 0.322 e. The van der Waals surface area contributed by atoms with E-state index in [1.54, 1.807) is 0 Å². The molecule has 0 aromatic carbocycles. The van der Waals surface area contributed by atoms with Gasteiger partial charge in [0.25, 0.3) is 0 Å². The minimum atomic E-state index is -1.05. The van der Waals surface area contributed by atoms with E-state index in [9.17, 15) is 9.59 Å². The highest BCUT2D eigenvalue weighted by molar-refractivity contribution is 7.09. The predicted octanol–water partition coefficient (Wildman–Crippen LogP) is 1.18. The van der Waals surface area contributed by atoms with E-state index in [1.165, 1.54) is 11.3 Å². The van der Waals surface area contributed by atoms with Gasteiger partial charge in [-0.25, -0.2) is 4.98 Å². The highest BCUT2D eigenvalue weighted by atomic mass is 32.1. The fourth-order valence-electron chi connectivity index (χ4n) is 1.13. The molecule has 6 heteroatoms. The van der Waals surface area contributed by atoms with E-state index < -0.39 is 5.97 Å². The zero-order valence-corrected chi connectivity index (χ0v) is 10.9. The summed E-state index contributed by atoms with van der Waals surface area (Å²) in [6.45, 7) is 5.81. The zero-order chi connectivity index (χ0) is 13.1. The molecule has 0 radical (unpaired) electrons. The Morgan fingerprint density at radius 3 is 2.59 bits per heavy atom. The van der Waals surface area contributed by atoms with Crippen LogP contribution in [0, 0.1) is 0 Å². The maximum atomic E-state index is 11.4. The van der Waals surface area contributed by atoms with Crippen molar-refractivity contribution in [3.05, 3.63) is 16.1 Å². The van der Waals surface area contributed by atoms with Crippen LogP contribution in [0.1, 0.15) is 31.5 Å². The summed E-state index contributed by atoms with van der Waals surface area (Å²) in [7, 11) is 0. The molecule has 0 atom stereocenters. The number of rotatable bonds is 4. The number of carboxylic acid groups (broad SMARTS) is 1. The van der Waals surface area contributed by atoms with Crippen LogP contribution >= 0.6 is 11.3 Å². The second-order valence-corrected chi connectivity index (χ2v) is 5.60. The number of hydrogen-bond acceptors (Lipinski definition) is 4. The van der Waals surface area contributed by atoms with Crippen molar-refractivity contribution in [2.75, 3.05) is 6.54 Å². The molecule has 0 unspecified atom stereocenters. The van der Waals surface area contributed by atoms with Gasteiger partial charge in [-0.15, -0.1) is 11.3 Å². The molecule has 0 saturated carbocycles. The number of nitrogens with one attached hydrogen (secondary N) is 1. The summed E-state index contributed by atoms with van der Waals surface area (Å²) >= 11 is 1.52. The average Bonchev–Trinajstić information content (AvgIpc) is 2.62. The fourth-order valence-corrected chi connectivity index (χ4v) is 2.04. The lowest BCUT2D eigenvalue weighted by Crippen LogP contribution is -2.30. The Labute approximate surface area is 104 Å². The molecule has 0 saturated heterocycles. The number of nitrogens with zero attached hydrogens (tertiary/aromatic N) is 1. The highest BCUT2D eigenvalue weighted by Gasteiger charge is 2.18. The fraction of sp³-hybridized carbons (Fsp3) is 0.545. The maximum Gasteiger partial charge on any atom is 0.322 e. The molecule has 0 fully saturated rings. The lowest BCUT2D eigenvalue weighted by atomic mass is 9.98. The number of aromatic nitrogens is 1. The Bertz CT molecular complexity index is 421. The predicted molar refractivity (Wildman–Crippen MR) is 65.2 cm³/mol. The summed E-state index contributed by atoms with van der Waals surface area (Å²) in [6, 6.07) is 0. The molecule has 1 aromatic heterocycles. The van der Waals surface area contributed by atoms with Crippen LogP contribution in [0.5, 0.6) is 0 Å². The molecule has 1 rings (SSSR count). The summed E-state index contributed by atoms with van der Waals surface area (Å²) in [5.41, 5.74) is 0.656. The first kappa shape index (κ1) is 13.6. The molecule has 0 spiro atoms. The number of amides is 1. The van der Waals surface area contributed by atoms with E-state index in [1.807, 2.05) is 5.38 Å². The summed E-state index contributed by atoms with van der Waals surface area (Å²) in [5.74, 6) is -1.37. The molecular weight excluding hydrogens is 240 g/mol. The van der Waals surface area contributed by atoms with Gasteiger partial charge in [0.15, 0.2) is 0 Å². The summed E-state index contributed by atoms with van der Waals surface area (Å²) in [4.78, 5) is 26.0. The number of thiazole rings is 1. The van der Waals surface area contributed by atoms with E-state index in [-0.39, 0.29) is 24.3 Å². The van der Waals surface area contributed by atoms with Crippen LogP contribution in [0.2, 0.25) is 0 Å². The van der Waals surface area contributed by atoms with Crippen molar-refractivity contribution in [3.63, 3.8) is 0 Å². The topological polar surface area (TPSA) is 79.3 Å². The van der Waals surface area contributed by atoms with Crippen molar-refractivity contribution < 1.29 is 14.7 Å². The third-order valence-corrected chi connectivity index (χ3v) is 3.29. The Balaban J connectivity index is 2.55. The third kappa shape index (κ3) is 4.52. The molecule has 0 aliphatic carbocycles. The first-order valence-electron chi connectivity index (χ1n) is 5.22. The van der Waals surface area contributed by atoms with Crippen LogP contribution < -0.4 is 5.32 Å². The molecular formula is C11H16N2O3S. The number of hydrogen-bond donors (Lipinski definition) is 2. The number of carboxylic acids is 1. The molecule has 0 aliphatic rings. The average molecular weight is 256 g/mol. The maximum absolute atomic E-state index is 11.4. The lowest BCUT2D eigenvalue weighted by Gasteiger charge is -2.13. The highest BCUT2D eigenvalue weighted by Crippen LogP contribution is 2.25. The molecule has 17 heavy (non-hydrogen) atoms. The van der Waals surface area contributed by atoms with Gasteiger partial charge in [0.05, 0.1) is 17.1 Å². The minimum absolute atomic E-state index is 0.0273. The van der Waals surface area contributed by atoms with Crippen molar-refractivity contribution >= 4 is 23.2 Å². The Hall–Kier alpha value is -1.43. The van der Waals surface area contributed by atoms with Crippen LogP contribution in [-0.2, 0) is 21.4 Å². The Kier molecular flexibility index (Phi) is 4.22. The number of aliphatic carboxylic acids is 1. The molecule has 1 aromatic rings. The van der Waals surface area contributed by atoms with Gasteiger partial charge in [-0.2, -0.15) is 0 Å². The van der Waals surface area contributed by atoms with E-state index in [0.29, 0.717) is 5.69 Å². The van der Waals surface area contributed by atoms with Crippen LogP contribution in [0.4, 0.5) is 0 Å². The first-order chi connectivity index (χ1) is 7.79. The number of carbonyl (C=O) groups excluding carboxylic acids is 1. The second kappa shape index (κ2) is 5.27. The normalized spacial score (nSPS) is 11.2. The molecule has 1 heterocycles. The van der Waals surface area contributed by atoms with Crippen LogP contribution in [-0.4, -0.2) is 28.5 Å². The Morgan fingerprint density at radius 2 is 2.12 bits per heavy atom. The molecule has 0 bridgehead atoms. The number of carbonyl (C=O) groups is 2. The SMILES string of the molecule is CC(C)(C)c1nc(CC(=O)NCC(=O)O)cs1. The zero-order valence-electron chi connectivity index (χ0n) is 10.1. The van der Waals surface area contributed by atoms with Gasteiger partial charge >= 0.3 is 5.97 Å². The van der Waals surface area contributed by atoms with Crippen molar-refractivity contribution in [2.45, 2.75) is 32.6 Å². The second-order valence-electron chi connectivity index (χ2n) is 4.74. The first-order valence-corrected chi connectivity index (χ1v) is 6.10. The van der Waals surface area contributed by atoms with Crippen molar-refractivity contribution in [1.82, 2.24) is 10.3 Å². The van der Waals surface area contributed by atoms with Crippen LogP contribution in [0.25, 0.3) is 0 Å². The molecule has 1 amide bonds. The van der Waals surface area contributed by atoms with Gasteiger partial charge in [0.2, 0.25) is 5.91 Å². The van der Waals surface area contributed by atoms with Gasteiger partial charge in [0.1, 0.15) is 6.54 Å². The van der Waals surface area contributed by atoms with Gasteiger partial charge in [-0.1, -0.05) is 20.8 Å². The summed E-state index contributed by atoms with van der Waals surface area (Å²) in [6.07, 6.45) is 0.125. The third-order valence-electron chi connectivity index (χ3n) is 1.97. The minimum Gasteiger partial charge on any atom is -0.480 e. The summed E-state index contributed by atoms with van der Waals surface area (Å²) in [5, 5.41) is 13.5. The van der Waals surface area contributed by atoms with Crippen molar-refractivity contribution in [1.29, 1.82) is 0 Å². The van der Waals surface area contributed by atoms with E-state index in [4.69, 9.17) is 5.11 Å². The van der Waals surface area contributed by atoms with Gasteiger partial charge in [-0.3, -0.25) is 9.59 Å². The van der Waals surface area contributed by atoms with Gasteiger partial charge in [-0.05, 0) is 0 Å². The molecule has 2 N–H and O–H groups in total. The molecule has 0 aliphatic heterocycles. The summed E-state index contributed by atoms with van der Waals surface area (Å²) < 4.78 is 0. The standard InChI is InChI=1S/C11H16N2O3S/c1-11(2,3)10-13-7(6-17-10)4-8(14)12-5-9(15)16/h6H,4-5H2,1-3H3,(H,12,14)(H,15,16). The van der Waals surface area contributed by atoms with Crippen LogP contribution in [0.3, 0.4) is 0 Å². The van der Waals surface area contributed by atoms with E-state index in [0.717, 1.165) is 5.01 Å². The van der Waals surface area contributed by atoms with Gasteiger partial charge < -0.3 is 10.4 Å². The quantitative estimate of drug-likeness (QED) is 0.848. The van der Waals surface area contributed by atoms with Gasteiger partial charge in [0, 0.05) is 10.8 Å².